The minimum Gasteiger partial charge on any atom is -0.207 e. The zero-order valence-electron chi connectivity index (χ0n) is 9.22. The number of thioether (sulfide) groups is 1. The number of benzene rings is 1. The summed E-state index contributed by atoms with van der Waals surface area (Å²) in [5.74, 6) is 1.64. The lowest BCUT2D eigenvalue weighted by Gasteiger charge is -2.25. The molecule has 0 spiro atoms. The van der Waals surface area contributed by atoms with E-state index in [1.54, 1.807) is 28.2 Å². The third-order valence-corrected chi connectivity index (χ3v) is 5.68. The van der Waals surface area contributed by atoms with Crippen LogP contribution in [0.4, 0.5) is 0 Å². The van der Waals surface area contributed by atoms with Gasteiger partial charge in [-0.1, -0.05) is 17.7 Å². The molecule has 0 unspecified atom stereocenters. The van der Waals surface area contributed by atoms with E-state index in [-0.39, 0.29) is 0 Å². The number of rotatable bonds is 2. The monoisotopic (exact) mass is 257 g/mol. The van der Waals surface area contributed by atoms with Gasteiger partial charge in [-0.15, -0.1) is 11.8 Å². The summed E-state index contributed by atoms with van der Waals surface area (Å²) in [5.41, 5.74) is 1.08. The fourth-order valence-corrected chi connectivity index (χ4v) is 4.34. The van der Waals surface area contributed by atoms with E-state index in [2.05, 4.69) is 0 Å². The van der Waals surface area contributed by atoms with Crippen molar-refractivity contribution in [2.24, 2.45) is 0 Å². The summed E-state index contributed by atoms with van der Waals surface area (Å²) in [6.07, 6.45) is 0.940. The molecule has 1 saturated heterocycles. The standard InChI is InChI=1S/C11H15NO2S2/c1-10-3-5-11(6-4-10)16(13,14)12-7-2-8-15-9-12/h3-6H,2,7-9H2,1H3. The normalized spacial score (nSPS) is 18.6. The Morgan fingerprint density at radius 2 is 1.94 bits per heavy atom. The van der Waals surface area contributed by atoms with Crippen LogP contribution in [0.15, 0.2) is 29.2 Å². The van der Waals surface area contributed by atoms with E-state index in [1.165, 1.54) is 0 Å². The second-order valence-corrected chi connectivity index (χ2v) is 6.90. The molecule has 88 valence electrons. The Hall–Kier alpha value is -0.520. The zero-order valence-corrected chi connectivity index (χ0v) is 10.9. The third-order valence-electron chi connectivity index (χ3n) is 2.59. The van der Waals surface area contributed by atoms with Crippen LogP contribution in [0.3, 0.4) is 0 Å². The quantitative estimate of drug-likeness (QED) is 0.814. The molecule has 0 amide bonds. The van der Waals surface area contributed by atoms with Crippen LogP contribution in [-0.2, 0) is 10.0 Å². The molecule has 0 N–H and O–H groups in total. The Labute approximate surface area is 101 Å². The fraction of sp³-hybridized carbons (Fsp3) is 0.455. The molecule has 1 aliphatic heterocycles. The maximum Gasteiger partial charge on any atom is 0.243 e. The lowest BCUT2D eigenvalue weighted by atomic mass is 10.2. The van der Waals surface area contributed by atoms with E-state index in [4.69, 9.17) is 0 Å². The molecule has 0 radical (unpaired) electrons. The molecule has 1 aromatic rings. The molecule has 0 saturated carbocycles. The average molecular weight is 257 g/mol. The Morgan fingerprint density at radius 1 is 1.25 bits per heavy atom. The van der Waals surface area contributed by atoms with Gasteiger partial charge < -0.3 is 0 Å². The summed E-state index contributed by atoms with van der Waals surface area (Å²) in [5, 5.41) is 0. The smallest absolute Gasteiger partial charge is 0.207 e. The molecule has 0 aromatic heterocycles. The molecule has 5 heteroatoms. The molecule has 0 aliphatic carbocycles. The molecule has 0 bridgehead atoms. The van der Waals surface area contributed by atoms with Crippen molar-refractivity contribution in [1.82, 2.24) is 4.31 Å². The van der Waals surface area contributed by atoms with Crippen molar-refractivity contribution in [2.45, 2.75) is 18.2 Å². The SMILES string of the molecule is Cc1ccc(S(=O)(=O)N2CCCSC2)cc1. The second kappa shape index (κ2) is 4.77. The van der Waals surface area contributed by atoms with Gasteiger partial charge in [0.1, 0.15) is 0 Å². The predicted octanol–water partition coefficient (Wildman–Crippen LogP) is 2.08. The van der Waals surface area contributed by atoms with E-state index in [1.807, 2.05) is 19.1 Å². The number of sulfonamides is 1. The van der Waals surface area contributed by atoms with Crippen LogP contribution in [0.1, 0.15) is 12.0 Å². The van der Waals surface area contributed by atoms with Crippen molar-refractivity contribution in [3.63, 3.8) is 0 Å². The third kappa shape index (κ3) is 2.42. The van der Waals surface area contributed by atoms with E-state index in [0.717, 1.165) is 17.7 Å². The first-order valence-corrected chi connectivity index (χ1v) is 7.85. The van der Waals surface area contributed by atoms with Crippen molar-refractivity contribution >= 4 is 21.8 Å². The first-order valence-electron chi connectivity index (χ1n) is 5.25. The van der Waals surface area contributed by atoms with Crippen molar-refractivity contribution < 1.29 is 8.42 Å². The highest BCUT2D eigenvalue weighted by Crippen LogP contribution is 2.22. The highest BCUT2D eigenvalue weighted by molar-refractivity contribution is 8.00. The summed E-state index contributed by atoms with van der Waals surface area (Å²) in [6, 6.07) is 7.04. The van der Waals surface area contributed by atoms with Crippen molar-refractivity contribution in [2.75, 3.05) is 18.2 Å². The molecule has 1 heterocycles. The van der Waals surface area contributed by atoms with Gasteiger partial charge in [0.2, 0.25) is 10.0 Å². The van der Waals surface area contributed by atoms with Gasteiger partial charge in [0.05, 0.1) is 10.8 Å². The summed E-state index contributed by atoms with van der Waals surface area (Å²) in [7, 11) is -3.27. The van der Waals surface area contributed by atoms with Crippen LogP contribution >= 0.6 is 11.8 Å². The molecular formula is C11H15NO2S2. The number of nitrogens with zero attached hydrogens (tertiary/aromatic N) is 1. The maximum atomic E-state index is 12.2. The van der Waals surface area contributed by atoms with E-state index in [9.17, 15) is 8.42 Å². The van der Waals surface area contributed by atoms with Gasteiger partial charge in [-0.2, -0.15) is 4.31 Å². The molecule has 1 aliphatic rings. The van der Waals surface area contributed by atoms with E-state index in [0.29, 0.717) is 17.3 Å². The Morgan fingerprint density at radius 3 is 2.50 bits per heavy atom. The maximum absolute atomic E-state index is 12.2. The first kappa shape index (κ1) is 12.0. The van der Waals surface area contributed by atoms with Crippen molar-refractivity contribution in [1.29, 1.82) is 0 Å². The second-order valence-electron chi connectivity index (χ2n) is 3.88. The number of hydrogen-bond acceptors (Lipinski definition) is 3. The highest BCUT2D eigenvalue weighted by atomic mass is 32.2. The summed E-state index contributed by atoms with van der Waals surface area (Å²) in [4.78, 5) is 0.403. The van der Waals surface area contributed by atoms with E-state index < -0.39 is 10.0 Å². The molecule has 1 aromatic carbocycles. The minimum atomic E-state index is -3.27. The van der Waals surface area contributed by atoms with Crippen LogP contribution < -0.4 is 0 Å². The van der Waals surface area contributed by atoms with Crippen LogP contribution in [0.25, 0.3) is 0 Å². The van der Waals surface area contributed by atoms with Gasteiger partial charge in [0.15, 0.2) is 0 Å². The summed E-state index contributed by atoms with van der Waals surface area (Å²) in [6.45, 7) is 2.59. The van der Waals surface area contributed by atoms with Crippen LogP contribution in [0, 0.1) is 6.92 Å². The fourth-order valence-electron chi connectivity index (χ4n) is 1.62. The largest absolute Gasteiger partial charge is 0.243 e. The Bertz CT molecular complexity index is 447. The molecule has 16 heavy (non-hydrogen) atoms. The zero-order chi connectivity index (χ0) is 11.6. The molecule has 0 atom stereocenters. The average Bonchev–Trinajstić information content (AvgIpc) is 2.31. The Kier molecular flexibility index (Phi) is 3.56. The molecule has 3 nitrogen and oxygen atoms in total. The highest BCUT2D eigenvalue weighted by Gasteiger charge is 2.25. The van der Waals surface area contributed by atoms with Crippen LogP contribution in [-0.4, -0.2) is 30.9 Å². The number of hydrogen-bond donors (Lipinski definition) is 0. The first-order chi connectivity index (χ1) is 7.60. The van der Waals surface area contributed by atoms with Gasteiger partial charge in [-0.3, -0.25) is 0 Å². The van der Waals surface area contributed by atoms with Gasteiger partial charge in [-0.05, 0) is 31.2 Å². The number of aryl methyl sites for hydroxylation is 1. The van der Waals surface area contributed by atoms with Crippen molar-refractivity contribution in [3.8, 4) is 0 Å². The van der Waals surface area contributed by atoms with Crippen LogP contribution in [0.2, 0.25) is 0 Å². The Balaban J connectivity index is 2.27. The topological polar surface area (TPSA) is 37.4 Å². The van der Waals surface area contributed by atoms with E-state index >= 15 is 0 Å². The van der Waals surface area contributed by atoms with Gasteiger partial charge in [0, 0.05) is 6.54 Å². The lowest BCUT2D eigenvalue weighted by molar-refractivity contribution is 0.451. The minimum absolute atomic E-state index is 0.403. The van der Waals surface area contributed by atoms with Gasteiger partial charge >= 0.3 is 0 Å². The van der Waals surface area contributed by atoms with Gasteiger partial charge in [0.25, 0.3) is 0 Å². The van der Waals surface area contributed by atoms with Crippen molar-refractivity contribution in [3.05, 3.63) is 29.8 Å². The lowest BCUT2D eigenvalue weighted by Crippen LogP contribution is -2.34. The summed E-state index contributed by atoms with van der Waals surface area (Å²) >= 11 is 1.67. The molecular weight excluding hydrogens is 242 g/mol. The molecule has 2 rings (SSSR count). The van der Waals surface area contributed by atoms with Gasteiger partial charge in [-0.25, -0.2) is 8.42 Å². The van der Waals surface area contributed by atoms with Crippen LogP contribution in [0.5, 0.6) is 0 Å². The summed E-state index contributed by atoms with van der Waals surface area (Å²) < 4.78 is 26.0. The predicted molar refractivity (Wildman–Crippen MR) is 67.0 cm³/mol. The molecule has 1 fully saturated rings.